The summed E-state index contributed by atoms with van der Waals surface area (Å²) in [7, 11) is 1.86. The van der Waals surface area contributed by atoms with Crippen molar-refractivity contribution in [2.24, 2.45) is 12.0 Å². The van der Waals surface area contributed by atoms with Crippen LogP contribution in [0.4, 0.5) is 0 Å². The van der Waals surface area contributed by atoms with Gasteiger partial charge in [0.25, 0.3) is 0 Å². The SMILES string of the molecule is CSc1ccc(C#N)cc1-n1/c(=N/C#N)n(C)c2cnc3ccc(-c4ccc(Cl)cc4)cc3c21. The van der Waals surface area contributed by atoms with Crippen LogP contribution in [0, 0.1) is 22.8 Å². The van der Waals surface area contributed by atoms with Gasteiger partial charge in [0.15, 0.2) is 0 Å². The van der Waals surface area contributed by atoms with Crippen LogP contribution in [-0.2, 0) is 7.05 Å². The van der Waals surface area contributed by atoms with E-state index in [9.17, 15) is 10.5 Å². The first-order chi connectivity index (χ1) is 16.5. The molecule has 0 saturated carbocycles. The molecule has 8 heteroatoms. The van der Waals surface area contributed by atoms with Crippen molar-refractivity contribution in [3.05, 3.63) is 83.1 Å². The number of nitrogens with zero attached hydrogens (tertiary/aromatic N) is 6. The Balaban J connectivity index is 1.95. The lowest BCUT2D eigenvalue weighted by Crippen LogP contribution is -2.23. The van der Waals surface area contributed by atoms with Gasteiger partial charge in [-0.15, -0.1) is 16.8 Å². The second-order valence-electron chi connectivity index (χ2n) is 7.64. The third kappa shape index (κ3) is 3.52. The van der Waals surface area contributed by atoms with E-state index in [0.29, 0.717) is 16.2 Å². The largest absolute Gasteiger partial charge is 0.311 e. The van der Waals surface area contributed by atoms with Crippen molar-refractivity contribution in [3.63, 3.8) is 0 Å². The zero-order valence-corrected chi connectivity index (χ0v) is 19.9. The van der Waals surface area contributed by atoms with E-state index in [-0.39, 0.29) is 0 Å². The van der Waals surface area contributed by atoms with Crippen LogP contribution in [0.15, 0.2) is 76.7 Å². The highest BCUT2D eigenvalue weighted by atomic mass is 35.5. The molecule has 0 saturated heterocycles. The second kappa shape index (κ2) is 8.72. The van der Waals surface area contributed by atoms with Crippen LogP contribution >= 0.6 is 23.4 Å². The van der Waals surface area contributed by atoms with E-state index in [4.69, 9.17) is 11.6 Å². The van der Waals surface area contributed by atoms with Gasteiger partial charge in [0.05, 0.1) is 40.1 Å². The van der Waals surface area contributed by atoms with Crippen LogP contribution in [-0.4, -0.2) is 20.4 Å². The molecule has 0 amide bonds. The predicted octanol–water partition coefficient (Wildman–Crippen LogP) is 5.81. The van der Waals surface area contributed by atoms with Crippen LogP contribution in [0.2, 0.25) is 5.02 Å². The van der Waals surface area contributed by atoms with E-state index < -0.39 is 0 Å². The molecule has 0 radical (unpaired) electrons. The van der Waals surface area contributed by atoms with Crippen molar-refractivity contribution >= 4 is 45.3 Å². The van der Waals surface area contributed by atoms with Crippen molar-refractivity contribution in [2.45, 2.75) is 4.90 Å². The molecule has 0 atom stereocenters. The zero-order valence-electron chi connectivity index (χ0n) is 18.3. The third-order valence-corrected chi connectivity index (χ3v) is 6.82. The summed E-state index contributed by atoms with van der Waals surface area (Å²) in [4.78, 5) is 9.77. The number of benzene rings is 3. The van der Waals surface area contributed by atoms with E-state index in [0.717, 1.165) is 43.6 Å². The molecule has 0 N–H and O–H groups in total. The Hall–Kier alpha value is -4.04. The van der Waals surface area contributed by atoms with Crippen LogP contribution in [0.3, 0.4) is 0 Å². The molecule has 0 aliphatic heterocycles. The maximum absolute atomic E-state index is 9.55. The lowest BCUT2D eigenvalue weighted by atomic mass is 10.0. The quantitative estimate of drug-likeness (QED) is 0.241. The molecule has 6 nitrogen and oxygen atoms in total. The fourth-order valence-corrected chi connectivity index (χ4v) is 4.85. The highest BCUT2D eigenvalue weighted by molar-refractivity contribution is 7.98. The van der Waals surface area contributed by atoms with Gasteiger partial charge in [-0.2, -0.15) is 10.5 Å². The number of hydrogen-bond donors (Lipinski definition) is 0. The van der Waals surface area contributed by atoms with Crippen molar-refractivity contribution in [1.29, 1.82) is 10.5 Å². The maximum atomic E-state index is 9.55. The van der Waals surface area contributed by atoms with Gasteiger partial charge in [0.2, 0.25) is 11.8 Å². The van der Waals surface area contributed by atoms with Gasteiger partial charge >= 0.3 is 0 Å². The fraction of sp³-hybridized carbons (Fsp3) is 0.0769. The Morgan fingerprint density at radius 1 is 1.00 bits per heavy atom. The molecule has 0 bridgehead atoms. The van der Waals surface area contributed by atoms with E-state index in [1.807, 2.05) is 77.2 Å². The van der Waals surface area contributed by atoms with Crippen LogP contribution in [0.5, 0.6) is 0 Å². The summed E-state index contributed by atoms with van der Waals surface area (Å²) < 4.78 is 3.80. The van der Waals surface area contributed by atoms with E-state index >= 15 is 0 Å². The first-order valence-corrected chi connectivity index (χ1v) is 11.9. The summed E-state index contributed by atoms with van der Waals surface area (Å²) in [5.74, 6) is 0. The van der Waals surface area contributed by atoms with Gasteiger partial charge in [-0.05, 0) is 59.8 Å². The Morgan fingerprint density at radius 3 is 2.47 bits per heavy atom. The summed E-state index contributed by atoms with van der Waals surface area (Å²) in [6.07, 6.45) is 5.70. The van der Waals surface area contributed by atoms with Crippen molar-refractivity contribution in [3.8, 4) is 29.1 Å². The summed E-state index contributed by atoms with van der Waals surface area (Å²) >= 11 is 7.65. The highest BCUT2D eigenvalue weighted by Gasteiger charge is 2.18. The van der Waals surface area contributed by atoms with Gasteiger partial charge in [-0.1, -0.05) is 29.8 Å². The number of aryl methyl sites for hydroxylation is 1. The molecule has 34 heavy (non-hydrogen) atoms. The molecule has 5 aromatic rings. The van der Waals surface area contributed by atoms with Gasteiger partial charge in [0, 0.05) is 22.4 Å². The van der Waals surface area contributed by atoms with Crippen molar-refractivity contribution in [2.75, 3.05) is 6.26 Å². The molecule has 2 aromatic heterocycles. The minimum Gasteiger partial charge on any atom is -0.311 e. The second-order valence-corrected chi connectivity index (χ2v) is 8.92. The lowest BCUT2D eigenvalue weighted by Gasteiger charge is -2.12. The Labute approximate surface area is 205 Å². The molecule has 0 aliphatic rings. The molecule has 0 aliphatic carbocycles. The van der Waals surface area contributed by atoms with Gasteiger partial charge in [-0.3, -0.25) is 9.55 Å². The summed E-state index contributed by atoms with van der Waals surface area (Å²) in [6.45, 7) is 0. The van der Waals surface area contributed by atoms with E-state index in [1.165, 1.54) is 0 Å². The molecular formula is C26H17ClN6S. The molecule has 2 heterocycles. The number of thioether (sulfide) groups is 1. The third-order valence-electron chi connectivity index (χ3n) is 5.78. The number of imidazole rings is 1. The number of pyridine rings is 1. The van der Waals surface area contributed by atoms with Gasteiger partial charge < -0.3 is 4.57 Å². The molecular weight excluding hydrogens is 464 g/mol. The first kappa shape index (κ1) is 21.8. The minimum atomic E-state index is 0.453. The number of hydrogen-bond acceptors (Lipinski definition) is 5. The Bertz CT molecular complexity index is 1730. The summed E-state index contributed by atoms with van der Waals surface area (Å²) in [6, 6.07) is 21.6. The molecule has 0 fully saturated rings. The number of halogens is 1. The number of aromatic nitrogens is 3. The summed E-state index contributed by atoms with van der Waals surface area (Å²) in [5.41, 5.74) is 6.32. The highest BCUT2D eigenvalue weighted by Crippen LogP contribution is 2.32. The Morgan fingerprint density at radius 2 is 1.76 bits per heavy atom. The van der Waals surface area contributed by atoms with Crippen molar-refractivity contribution < 1.29 is 0 Å². The van der Waals surface area contributed by atoms with E-state index in [1.54, 1.807) is 24.0 Å². The monoisotopic (exact) mass is 480 g/mol. The van der Waals surface area contributed by atoms with Gasteiger partial charge in [0.1, 0.15) is 0 Å². The maximum Gasteiger partial charge on any atom is 0.226 e. The first-order valence-electron chi connectivity index (χ1n) is 10.3. The minimum absolute atomic E-state index is 0.453. The molecule has 3 aromatic carbocycles. The number of fused-ring (bicyclic) bond motifs is 3. The molecule has 5 rings (SSSR count). The Kier molecular flexibility index (Phi) is 5.59. The molecule has 0 unspecified atom stereocenters. The van der Waals surface area contributed by atoms with Gasteiger partial charge in [-0.25, -0.2) is 0 Å². The standard InChI is InChI=1S/C26H17ClN6S/c1-32-23-14-30-21-9-6-18(17-4-7-19(27)8-5-17)12-20(21)25(23)33(26(32)31-15-29)22-11-16(13-28)3-10-24(22)34-2/h3-12,14H,1-2H3/b31-26+. The summed E-state index contributed by atoms with van der Waals surface area (Å²) in [5, 5.41) is 20.6. The average Bonchev–Trinajstić information content (AvgIpc) is 3.15. The fourth-order valence-electron chi connectivity index (χ4n) is 4.16. The zero-order chi connectivity index (χ0) is 23.8. The topological polar surface area (TPSA) is 82.7 Å². The number of rotatable bonds is 3. The van der Waals surface area contributed by atoms with Crippen LogP contribution in [0.1, 0.15) is 5.56 Å². The average molecular weight is 481 g/mol. The lowest BCUT2D eigenvalue weighted by molar-refractivity contribution is 0.806. The van der Waals surface area contributed by atoms with E-state index in [2.05, 4.69) is 22.1 Å². The smallest absolute Gasteiger partial charge is 0.226 e. The van der Waals surface area contributed by atoms with Crippen LogP contribution < -0.4 is 5.62 Å². The molecule has 0 spiro atoms. The van der Waals surface area contributed by atoms with Crippen molar-refractivity contribution in [1.82, 2.24) is 14.1 Å². The van der Waals surface area contributed by atoms with Crippen LogP contribution in [0.25, 0.3) is 38.8 Å². The molecule has 164 valence electrons. The number of nitriles is 2. The predicted molar refractivity (Wildman–Crippen MR) is 136 cm³/mol. The normalized spacial score (nSPS) is 11.6.